The first-order valence-corrected chi connectivity index (χ1v) is 6.86. The van der Waals surface area contributed by atoms with E-state index in [2.05, 4.69) is 34.3 Å². The Labute approximate surface area is 123 Å². The minimum absolute atomic E-state index is 0.250. The smallest absolute Gasteiger partial charge is 0.275 e. The van der Waals surface area contributed by atoms with Gasteiger partial charge in [-0.3, -0.25) is 9.89 Å². The molecule has 1 amide bonds. The summed E-state index contributed by atoms with van der Waals surface area (Å²) in [5.74, 6) is 0.506. The molecule has 2 heterocycles. The van der Waals surface area contributed by atoms with Gasteiger partial charge in [0, 0.05) is 18.0 Å². The summed E-state index contributed by atoms with van der Waals surface area (Å²) in [7, 11) is 0. The second kappa shape index (κ2) is 6.66. The first-order valence-electron chi connectivity index (χ1n) is 6.86. The van der Waals surface area contributed by atoms with Gasteiger partial charge >= 0.3 is 0 Å². The highest BCUT2D eigenvalue weighted by atomic mass is 16.1. The molecule has 1 atom stereocenters. The molecule has 0 unspecified atom stereocenters. The Balaban J connectivity index is 2.04. The van der Waals surface area contributed by atoms with Crippen LogP contribution in [0, 0.1) is 11.3 Å². The molecule has 0 saturated carbocycles. The maximum Gasteiger partial charge on any atom is 0.275 e. The molecule has 108 valence electrons. The number of carbonyl (C=O) groups excluding carboxylic acids is 1. The standard InChI is InChI=1S/C15H17N5O/c1-3-4-10(2)13-7-14(20-19-13)18-15(21)12-6-5-11(8-16)9-17-12/h5-7,9-10H,3-4H2,1-2H3,(H2,18,19,20,21)/t10-/m1/s1. The lowest BCUT2D eigenvalue weighted by Gasteiger charge is -2.05. The number of rotatable bonds is 5. The van der Waals surface area contributed by atoms with Crippen LogP contribution in [0.3, 0.4) is 0 Å². The largest absolute Gasteiger partial charge is 0.304 e. The molecule has 6 nitrogen and oxygen atoms in total. The van der Waals surface area contributed by atoms with Crippen molar-refractivity contribution in [2.24, 2.45) is 0 Å². The van der Waals surface area contributed by atoms with Gasteiger partial charge in [-0.1, -0.05) is 20.3 Å². The number of aromatic nitrogens is 3. The van der Waals surface area contributed by atoms with Crippen LogP contribution >= 0.6 is 0 Å². The quantitative estimate of drug-likeness (QED) is 0.882. The number of anilines is 1. The van der Waals surface area contributed by atoms with Gasteiger partial charge in [0.15, 0.2) is 5.82 Å². The zero-order valence-corrected chi connectivity index (χ0v) is 12.1. The zero-order valence-electron chi connectivity index (χ0n) is 12.1. The summed E-state index contributed by atoms with van der Waals surface area (Å²) in [6.45, 7) is 4.25. The Bertz CT molecular complexity index is 653. The number of hydrogen-bond donors (Lipinski definition) is 2. The van der Waals surface area contributed by atoms with Gasteiger partial charge < -0.3 is 5.32 Å². The van der Waals surface area contributed by atoms with E-state index in [1.54, 1.807) is 6.07 Å². The van der Waals surface area contributed by atoms with E-state index >= 15 is 0 Å². The van der Waals surface area contributed by atoms with Crippen LogP contribution in [-0.4, -0.2) is 21.1 Å². The zero-order chi connectivity index (χ0) is 15.2. The van der Waals surface area contributed by atoms with E-state index in [0.717, 1.165) is 18.5 Å². The first-order chi connectivity index (χ1) is 10.1. The number of aromatic amines is 1. The number of pyridine rings is 1. The van der Waals surface area contributed by atoms with Gasteiger partial charge in [-0.25, -0.2) is 4.98 Å². The number of nitrogens with one attached hydrogen (secondary N) is 2. The van der Waals surface area contributed by atoms with Crippen molar-refractivity contribution in [1.29, 1.82) is 5.26 Å². The Hall–Kier alpha value is -2.68. The lowest BCUT2D eigenvalue weighted by molar-refractivity contribution is 0.102. The van der Waals surface area contributed by atoms with Gasteiger partial charge in [-0.05, 0) is 24.5 Å². The topological polar surface area (TPSA) is 94.5 Å². The molecule has 2 aromatic rings. The molecule has 2 aromatic heterocycles. The second-order valence-electron chi connectivity index (χ2n) is 4.90. The average molecular weight is 283 g/mol. The number of carbonyl (C=O) groups is 1. The highest BCUT2D eigenvalue weighted by Crippen LogP contribution is 2.20. The van der Waals surface area contributed by atoms with Crippen molar-refractivity contribution in [1.82, 2.24) is 15.2 Å². The summed E-state index contributed by atoms with van der Waals surface area (Å²) in [6.07, 6.45) is 3.53. The molecule has 6 heteroatoms. The van der Waals surface area contributed by atoms with Crippen LogP contribution < -0.4 is 5.32 Å². The lowest BCUT2D eigenvalue weighted by atomic mass is 10.0. The fourth-order valence-corrected chi connectivity index (χ4v) is 2.02. The molecule has 0 radical (unpaired) electrons. The monoisotopic (exact) mass is 283 g/mol. The van der Waals surface area contributed by atoms with Crippen LogP contribution in [0.2, 0.25) is 0 Å². The summed E-state index contributed by atoms with van der Waals surface area (Å²) >= 11 is 0. The van der Waals surface area contributed by atoms with E-state index in [0.29, 0.717) is 17.3 Å². The first kappa shape index (κ1) is 14.7. The van der Waals surface area contributed by atoms with Crippen molar-refractivity contribution in [3.8, 4) is 6.07 Å². The number of nitrogens with zero attached hydrogens (tertiary/aromatic N) is 3. The molecule has 0 spiro atoms. The Morgan fingerprint density at radius 2 is 2.33 bits per heavy atom. The maximum absolute atomic E-state index is 12.0. The third-order valence-corrected chi connectivity index (χ3v) is 3.22. The van der Waals surface area contributed by atoms with E-state index in [9.17, 15) is 4.79 Å². The van der Waals surface area contributed by atoms with Crippen LogP contribution in [0.25, 0.3) is 0 Å². The van der Waals surface area contributed by atoms with Crippen LogP contribution in [0.15, 0.2) is 24.4 Å². The second-order valence-corrected chi connectivity index (χ2v) is 4.90. The van der Waals surface area contributed by atoms with E-state index in [4.69, 9.17) is 5.26 Å². The predicted octanol–water partition coefficient (Wildman–Crippen LogP) is 2.83. The normalized spacial score (nSPS) is 11.7. The Morgan fingerprint density at radius 1 is 1.52 bits per heavy atom. The van der Waals surface area contributed by atoms with Crippen LogP contribution in [0.5, 0.6) is 0 Å². The van der Waals surface area contributed by atoms with Gasteiger partial charge in [-0.2, -0.15) is 10.4 Å². The van der Waals surface area contributed by atoms with Crippen LogP contribution in [0.4, 0.5) is 5.82 Å². The minimum atomic E-state index is -0.347. The van der Waals surface area contributed by atoms with Crippen molar-refractivity contribution < 1.29 is 4.79 Å². The van der Waals surface area contributed by atoms with Crippen molar-refractivity contribution >= 4 is 11.7 Å². The van der Waals surface area contributed by atoms with Gasteiger partial charge in [-0.15, -0.1) is 0 Å². The molecule has 0 aliphatic carbocycles. The van der Waals surface area contributed by atoms with Gasteiger partial charge in [0.1, 0.15) is 11.8 Å². The van der Waals surface area contributed by atoms with Crippen molar-refractivity contribution in [2.45, 2.75) is 32.6 Å². The molecule has 2 rings (SSSR count). The van der Waals surface area contributed by atoms with Gasteiger partial charge in [0.05, 0.1) is 5.56 Å². The number of H-pyrrole nitrogens is 1. The summed E-state index contributed by atoms with van der Waals surface area (Å²) in [6, 6.07) is 6.87. The molecule has 0 aromatic carbocycles. The Kier molecular flexibility index (Phi) is 4.67. The number of amides is 1. The van der Waals surface area contributed by atoms with Gasteiger partial charge in [0.25, 0.3) is 5.91 Å². The van der Waals surface area contributed by atoms with Crippen LogP contribution in [-0.2, 0) is 0 Å². The summed E-state index contributed by atoms with van der Waals surface area (Å²) in [5, 5.41) is 18.4. The van der Waals surface area contributed by atoms with E-state index in [-0.39, 0.29) is 11.6 Å². The maximum atomic E-state index is 12.0. The SMILES string of the molecule is CCC[C@@H](C)c1cc(NC(=O)c2ccc(C#N)cn2)n[nH]1. The van der Waals surface area contributed by atoms with Crippen LogP contribution in [0.1, 0.15) is 54.4 Å². The van der Waals surface area contributed by atoms with Crippen molar-refractivity contribution in [2.75, 3.05) is 5.32 Å². The molecular formula is C15H17N5O. The van der Waals surface area contributed by atoms with Crippen molar-refractivity contribution in [3.63, 3.8) is 0 Å². The molecule has 0 aliphatic heterocycles. The molecule has 0 saturated heterocycles. The minimum Gasteiger partial charge on any atom is -0.304 e. The fourth-order valence-electron chi connectivity index (χ4n) is 2.02. The molecular weight excluding hydrogens is 266 g/mol. The van der Waals surface area contributed by atoms with E-state index in [1.807, 2.05) is 12.1 Å². The highest BCUT2D eigenvalue weighted by Gasteiger charge is 2.12. The van der Waals surface area contributed by atoms with E-state index in [1.165, 1.54) is 12.3 Å². The molecule has 2 N–H and O–H groups in total. The number of nitriles is 1. The number of hydrogen-bond acceptors (Lipinski definition) is 4. The average Bonchev–Trinajstić information content (AvgIpc) is 2.96. The predicted molar refractivity (Wildman–Crippen MR) is 78.8 cm³/mol. The van der Waals surface area contributed by atoms with E-state index < -0.39 is 0 Å². The summed E-state index contributed by atoms with van der Waals surface area (Å²) < 4.78 is 0. The van der Waals surface area contributed by atoms with Gasteiger partial charge in [0.2, 0.25) is 0 Å². The molecule has 0 aliphatic rings. The lowest BCUT2D eigenvalue weighted by Crippen LogP contribution is -2.13. The fraction of sp³-hybridized carbons (Fsp3) is 0.333. The molecule has 21 heavy (non-hydrogen) atoms. The summed E-state index contributed by atoms with van der Waals surface area (Å²) in [5.41, 5.74) is 1.67. The Morgan fingerprint density at radius 3 is 2.95 bits per heavy atom. The summed E-state index contributed by atoms with van der Waals surface area (Å²) in [4.78, 5) is 16.0. The highest BCUT2D eigenvalue weighted by molar-refractivity contribution is 6.02. The van der Waals surface area contributed by atoms with Crippen molar-refractivity contribution in [3.05, 3.63) is 41.3 Å². The molecule has 0 bridgehead atoms. The molecule has 0 fully saturated rings. The third-order valence-electron chi connectivity index (χ3n) is 3.22. The third kappa shape index (κ3) is 3.66.